The monoisotopic (exact) mass is 427 g/mol. The number of nitrogens with one attached hydrogen (secondary N) is 2. The molecule has 1 aromatic carbocycles. The summed E-state index contributed by atoms with van der Waals surface area (Å²) in [5.41, 5.74) is 8.72. The zero-order chi connectivity index (χ0) is 22.4. The van der Waals surface area contributed by atoms with Crippen LogP contribution in [0.1, 0.15) is 68.4 Å². The quantitative estimate of drug-likeness (QED) is 0.431. The van der Waals surface area contributed by atoms with E-state index in [-0.39, 0.29) is 23.4 Å². The van der Waals surface area contributed by atoms with E-state index in [1.54, 1.807) is 0 Å². The highest BCUT2D eigenvalue weighted by Crippen LogP contribution is 2.39. The molecule has 4 rings (SSSR count). The molecular weight excluding hydrogens is 390 g/mol. The molecule has 5 N–H and O–H groups in total. The largest absolute Gasteiger partial charge is 0.389 e. The maximum atomic E-state index is 13.3. The molecule has 1 amide bonds. The van der Waals surface area contributed by atoms with E-state index in [1.807, 2.05) is 26.0 Å². The minimum absolute atomic E-state index is 0.0843. The molecule has 1 aromatic rings. The van der Waals surface area contributed by atoms with Gasteiger partial charge in [-0.1, -0.05) is 32.9 Å². The van der Waals surface area contributed by atoms with Gasteiger partial charge in [0.2, 0.25) is 0 Å². The SMILES string of the molecule is CCC(N)=NC1CNCN2CC(NC(=O)c3cccc4c3CCCC4(C)C)C(O)C12C. The van der Waals surface area contributed by atoms with E-state index < -0.39 is 11.6 Å². The summed E-state index contributed by atoms with van der Waals surface area (Å²) < 4.78 is 0. The number of rotatable bonds is 4. The van der Waals surface area contributed by atoms with Crippen LogP contribution in [0.25, 0.3) is 0 Å². The number of aliphatic imine (C=N–C) groups is 1. The first-order valence-electron chi connectivity index (χ1n) is 11.6. The number of nitrogens with two attached hydrogens (primary N) is 1. The molecule has 31 heavy (non-hydrogen) atoms. The van der Waals surface area contributed by atoms with Gasteiger partial charge in [-0.2, -0.15) is 0 Å². The summed E-state index contributed by atoms with van der Waals surface area (Å²) in [6.45, 7) is 10.4. The summed E-state index contributed by atoms with van der Waals surface area (Å²) in [4.78, 5) is 20.2. The van der Waals surface area contributed by atoms with Gasteiger partial charge in [0.15, 0.2) is 0 Å². The third kappa shape index (κ3) is 3.77. The maximum absolute atomic E-state index is 13.3. The Hall–Kier alpha value is -1.96. The zero-order valence-corrected chi connectivity index (χ0v) is 19.2. The van der Waals surface area contributed by atoms with Crippen LogP contribution >= 0.6 is 0 Å². The fourth-order valence-corrected chi connectivity index (χ4v) is 5.70. The van der Waals surface area contributed by atoms with Crippen molar-refractivity contribution in [2.75, 3.05) is 19.8 Å². The molecule has 7 heteroatoms. The summed E-state index contributed by atoms with van der Waals surface area (Å²) in [5, 5.41) is 17.9. The van der Waals surface area contributed by atoms with E-state index in [0.717, 1.165) is 30.4 Å². The van der Waals surface area contributed by atoms with E-state index in [4.69, 9.17) is 5.73 Å². The number of amides is 1. The minimum Gasteiger partial charge on any atom is -0.389 e. The summed E-state index contributed by atoms with van der Waals surface area (Å²) in [6, 6.07) is 5.54. The first kappa shape index (κ1) is 22.2. The average Bonchev–Trinajstić information content (AvgIpc) is 2.99. The van der Waals surface area contributed by atoms with Gasteiger partial charge in [-0.3, -0.25) is 14.7 Å². The number of carbonyl (C=O) groups excluding carboxylic acids is 1. The molecule has 4 unspecified atom stereocenters. The van der Waals surface area contributed by atoms with Gasteiger partial charge in [0.05, 0.1) is 29.6 Å². The maximum Gasteiger partial charge on any atom is 0.251 e. The Morgan fingerprint density at radius 3 is 2.90 bits per heavy atom. The van der Waals surface area contributed by atoms with Gasteiger partial charge in [-0.15, -0.1) is 0 Å². The van der Waals surface area contributed by atoms with Crippen LogP contribution < -0.4 is 16.4 Å². The highest BCUT2D eigenvalue weighted by molar-refractivity contribution is 5.96. The number of fused-ring (bicyclic) bond motifs is 2. The second-order valence-electron chi connectivity index (χ2n) is 10.1. The number of carbonyl (C=O) groups is 1. The lowest BCUT2D eigenvalue weighted by Gasteiger charge is -2.46. The van der Waals surface area contributed by atoms with Gasteiger partial charge in [-0.05, 0) is 48.8 Å². The van der Waals surface area contributed by atoms with Crippen molar-refractivity contribution < 1.29 is 9.90 Å². The first-order valence-corrected chi connectivity index (χ1v) is 11.6. The van der Waals surface area contributed by atoms with Crippen LogP contribution in [0.5, 0.6) is 0 Å². The molecule has 3 aliphatic rings. The van der Waals surface area contributed by atoms with Crippen molar-refractivity contribution in [1.82, 2.24) is 15.5 Å². The molecular formula is C24H37N5O2. The third-order valence-corrected chi connectivity index (χ3v) is 7.77. The Bertz CT molecular complexity index is 883. The van der Waals surface area contributed by atoms with E-state index in [2.05, 4.69) is 40.4 Å². The highest BCUT2D eigenvalue weighted by Gasteiger charge is 2.56. The standard InChI is InChI=1S/C24H37N5O2/c1-5-20(25)28-19-12-26-14-29-13-18(21(30)24(19,29)4)27-22(31)16-8-6-10-17-15(16)9-7-11-23(17,2)3/h6,8,10,18-19,21,26,30H,5,7,9,11-14H2,1-4H3,(H2,25,28)(H,27,31). The molecule has 4 atom stereocenters. The first-order chi connectivity index (χ1) is 14.7. The number of aliphatic hydroxyl groups excluding tert-OH is 1. The van der Waals surface area contributed by atoms with E-state index in [0.29, 0.717) is 32.0 Å². The number of benzene rings is 1. The predicted octanol–water partition coefficient (Wildman–Crippen LogP) is 1.53. The van der Waals surface area contributed by atoms with Crippen LogP contribution in [0.2, 0.25) is 0 Å². The molecule has 0 spiro atoms. The number of hydrogen-bond donors (Lipinski definition) is 4. The van der Waals surface area contributed by atoms with Crippen molar-refractivity contribution in [3.05, 3.63) is 34.9 Å². The molecule has 7 nitrogen and oxygen atoms in total. The Morgan fingerprint density at radius 1 is 1.39 bits per heavy atom. The van der Waals surface area contributed by atoms with Crippen molar-refractivity contribution in [3.63, 3.8) is 0 Å². The van der Waals surface area contributed by atoms with Gasteiger partial charge >= 0.3 is 0 Å². The Balaban J connectivity index is 1.57. The van der Waals surface area contributed by atoms with Gasteiger partial charge in [-0.25, -0.2) is 0 Å². The third-order valence-electron chi connectivity index (χ3n) is 7.77. The lowest BCUT2D eigenvalue weighted by Crippen LogP contribution is -2.65. The van der Waals surface area contributed by atoms with E-state index >= 15 is 0 Å². The van der Waals surface area contributed by atoms with Crippen molar-refractivity contribution in [2.24, 2.45) is 10.7 Å². The predicted molar refractivity (Wildman–Crippen MR) is 123 cm³/mol. The van der Waals surface area contributed by atoms with Crippen molar-refractivity contribution in [1.29, 1.82) is 0 Å². The Kier molecular flexibility index (Phi) is 5.87. The molecule has 2 saturated heterocycles. The second kappa shape index (κ2) is 8.19. The zero-order valence-electron chi connectivity index (χ0n) is 19.2. The van der Waals surface area contributed by atoms with Crippen molar-refractivity contribution in [2.45, 2.75) is 82.5 Å². The lowest BCUT2D eigenvalue weighted by molar-refractivity contribution is -0.00576. The molecule has 2 aliphatic heterocycles. The minimum atomic E-state index is -0.729. The molecule has 0 aromatic heterocycles. The summed E-state index contributed by atoms with van der Waals surface area (Å²) in [7, 11) is 0. The molecule has 0 radical (unpaired) electrons. The fraction of sp³-hybridized carbons (Fsp3) is 0.667. The van der Waals surface area contributed by atoms with Crippen LogP contribution in [0.15, 0.2) is 23.2 Å². The van der Waals surface area contributed by atoms with Crippen LogP contribution in [0.3, 0.4) is 0 Å². The molecule has 2 fully saturated rings. The van der Waals surface area contributed by atoms with Gasteiger partial charge in [0, 0.05) is 31.7 Å². The number of aliphatic hydroxyl groups is 1. The van der Waals surface area contributed by atoms with Gasteiger partial charge in [0.1, 0.15) is 0 Å². The number of hydrogen-bond acceptors (Lipinski definition) is 5. The smallest absolute Gasteiger partial charge is 0.251 e. The summed E-state index contributed by atoms with van der Waals surface area (Å²) in [5.74, 6) is 0.496. The molecule has 2 heterocycles. The van der Waals surface area contributed by atoms with Crippen LogP contribution in [-0.2, 0) is 11.8 Å². The van der Waals surface area contributed by atoms with Crippen molar-refractivity contribution in [3.8, 4) is 0 Å². The molecule has 170 valence electrons. The lowest BCUT2D eigenvalue weighted by atomic mass is 9.71. The number of amidine groups is 1. The van der Waals surface area contributed by atoms with Crippen LogP contribution in [-0.4, -0.2) is 65.2 Å². The van der Waals surface area contributed by atoms with Crippen LogP contribution in [0, 0.1) is 0 Å². The topological polar surface area (TPSA) is 103 Å². The summed E-state index contributed by atoms with van der Waals surface area (Å²) >= 11 is 0. The Labute approximate surface area is 185 Å². The average molecular weight is 428 g/mol. The Morgan fingerprint density at radius 2 is 2.16 bits per heavy atom. The number of nitrogens with zero attached hydrogens (tertiary/aromatic N) is 2. The second-order valence-corrected chi connectivity index (χ2v) is 10.1. The van der Waals surface area contributed by atoms with Gasteiger partial charge in [0.25, 0.3) is 5.91 Å². The molecule has 0 bridgehead atoms. The van der Waals surface area contributed by atoms with Gasteiger partial charge < -0.3 is 21.5 Å². The van der Waals surface area contributed by atoms with E-state index in [9.17, 15) is 9.90 Å². The van der Waals surface area contributed by atoms with Crippen LogP contribution in [0.4, 0.5) is 0 Å². The summed E-state index contributed by atoms with van der Waals surface area (Å²) in [6.07, 6.45) is 3.10. The van der Waals surface area contributed by atoms with E-state index in [1.165, 1.54) is 5.56 Å². The van der Waals surface area contributed by atoms with Crippen molar-refractivity contribution >= 4 is 11.7 Å². The molecule has 0 saturated carbocycles. The normalized spacial score (nSPS) is 32.9. The molecule has 1 aliphatic carbocycles. The fourth-order valence-electron chi connectivity index (χ4n) is 5.70. The highest BCUT2D eigenvalue weighted by atomic mass is 16.3.